The van der Waals surface area contributed by atoms with E-state index in [2.05, 4.69) is 16.0 Å². The molecule has 9 nitrogen and oxygen atoms in total. The summed E-state index contributed by atoms with van der Waals surface area (Å²) >= 11 is 0. The number of alkyl halides is 3. The minimum absolute atomic E-state index is 0.0214. The van der Waals surface area contributed by atoms with Gasteiger partial charge in [-0.25, -0.2) is 0 Å². The third-order valence-corrected chi connectivity index (χ3v) is 5.00. The Morgan fingerprint density at radius 2 is 1.67 bits per heavy atom. The lowest BCUT2D eigenvalue weighted by Crippen LogP contribution is -2.32. The normalized spacial score (nSPS) is 11.8. The molecule has 0 aliphatic rings. The number of carbonyl (C=O) groups excluding carboxylic acids is 2. The molecular formula is C24H21F3N4O5. The van der Waals surface area contributed by atoms with Crippen LogP contribution < -0.4 is 20.7 Å². The van der Waals surface area contributed by atoms with Crippen molar-refractivity contribution in [1.82, 2.24) is 0 Å². The maximum Gasteiger partial charge on any atom is 0.416 e. The average Bonchev–Trinajstić information content (AvgIpc) is 2.83. The molecular weight excluding hydrogens is 481 g/mol. The maximum atomic E-state index is 12.9. The summed E-state index contributed by atoms with van der Waals surface area (Å²) in [5.74, 6) is -0.946. The fourth-order valence-corrected chi connectivity index (χ4v) is 3.19. The maximum absolute atomic E-state index is 12.9. The Hall–Kier alpha value is -4.61. The van der Waals surface area contributed by atoms with Gasteiger partial charge in [-0.2, -0.15) is 13.2 Å². The Labute approximate surface area is 203 Å². The topological polar surface area (TPSA) is 123 Å². The average molecular weight is 502 g/mol. The van der Waals surface area contributed by atoms with Crippen LogP contribution in [0.5, 0.6) is 5.75 Å². The number of halogens is 3. The second kappa shape index (κ2) is 10.8. The van der Waals surface area contributed by atoms with E-state index in [-0.39, 0.29) is 28.4 Å². The first-order valence-electron chi connectivity index (χ1n) is 10.5. The first kappa shape index (κ1) is 26.0. The van der Waals surface area contributed by atoms with Crippen LogP contribution in [0.15, 0.2) is 66.7 Å². The van der Waals surface area contributed by atoms with Gasteiger partial charge in [-0.15, -0.1) is 0 Å². The number of nitrogens with one attached hydrogen (secondary N) is 3. The predicted molar refractivity (Wildman–Crippen MR) is 127 cm³/mol. The Morgan fingerprint density at radius 3 is 2.33 bits per heavy atom. The van der Waals surface area contributed by atoms with E-state index < -0.39 is 34.5 Å². The van der Waals surface area contributed by atoms with Gasteiger partial charge in [0.25, 0.3) is 11.6 Å². The van der Waals surface area contributed by atoms with E-state index in [0.717, 1.165) is 12.1 Å². The molecule has 2 amide bonds. The number of nitrogens with zero attached hydrogens (tertiary/aromatic N) is 1. The van der Waals surface area contributed by atoms with E-state index in [0.29, 0.717) is 5.69 Å². The number of nitro benzene ring substituents is 1. The van der Waals surface area contributed by atoms with Gasteiger partial charge in [-0.1, -0.05) is 12.1 Å². The summed E-state index contributed by atoms with van der Waals surface area (Å²) in [6.45, 7) is 1.54. The Balaban J connectivity index is 1.69. The Morgan fingerprint density at radius 1 is 0.972 bits per heavy atom. The van der Waals surface area contributed by atoms with Crippen LogP contribution >= 0.6 is 0 Å². The molecule has 3 N–H and O–H groups in total. The van der Waals surface area contributed by atoms with Gasteiger partial charge in [0, 0.05) is 29.1 Å². The van der Waals surface area contributed by atoms with Crippen molar-refractivity contribution in [1.29, 1.82) is 0 Å². The van der Waals surface area contributed by atoms with E-state index in [4.69, 9.17) is 4.74 Å². The van der Waals surface area contributed by atoms with E-state index >= 15 is 0 Å². The zero-order valence-electron chi connectivity index (χ0n) is 19.1. The van der Waals surface area contributed by atoms with Gasteiger partial charge >= 0.3 is 6.18 Å². The number of methoxy groups -OCH3 is 1. The molecule has 0 fully saturated rings. The first-order chi connectivity index (χ1) is 17.0. The number of benzene rings is 3. The molecule has 0 aliphatic heterocycles. The van der Waals surface area contributed by atoms with Crippen LogP contribution in [0, 0.1) is 10.1 Å². The van der Waals surface area contributed by atoms with Crippen molar-refractivity contribution in [2.75, 3.05) is 23.1 Å². The van der Waals surface area contributed by atoms with Crippen LogP contribution in [0.3, 0.4) is 0 Å². The highest BCUT2D eigenvalue weighted by atomic mass is 19.4. The fourth-order valence-electron chi connectivity index (χ4n) is 3.19. The molecule has 3 aromatic carbocycles. The summed E-state index contributed by atoms with van der Waals surface area (Å²) in [6.07, 6.45) is -4.55. The van der Waals surface area contributed by atoms with Crippen molar-refractivity contribution in [3.63, 3.8) is 0 Å². The lowest BCUT2D eigenvalue weighted by atomic mass is 10.1. The number of carbonyl (C=O) groups is 2. The predicted octanol–water partition coefficient (Wildman–Crippen LogP) is 5.31. The molecule has 12 heteroatoms. The third-order valence-electron chi connectivity index (χ3n) is 5.00. The summed E-state index contributed by atoms with van der Waals surface area (Å²) in [5, 5.41) is 18.9. The van der Waals surface area contributed by atoms with Gasteiger partial charge < -0.3 is 20.7 Å². The highest BCUT2D eigenvalue weighted by Crippen LogP contribution is 2.31. The van der Waals surface area contributed by atoms with Crippen LogP contribution in [0.4, 0.5) is 35.9 Å². The van der Waals surface area contributed by atoms with Gasteiger partial charge in [-0.05, 0) is 49.4 Å². The summed E-state index contributed by atoms with van der Waals surface area (Å²) in [6, 6.07) is 13.2. The standard InChI is InChI=1S/C24H21F3N4O5/c1-14(22(32)30-20-13-19(31(34)35)9-10-21(20)36-2)28-17-7-3-5-15(11-17)23(33)29-18-8-4-6-16(12-18)24(25,26)27/h3-14,28H,1-2H3,(H,29,33)(H,30,32)/t14-/m0/s1. The fraction of sp³-hybridized carbons (Fsp3) is 0.167. The van der Waals surface area contributed by atoms with Crippen molar-refractivity contribution >= 4 is 34.6 Å². The molecule has 0 saturated heterocycles. The van der Waals surface area contributed by atoms with E-state index in [1.54, 1.807) is 6.07 Å². The summed E-state index contributed by atoms with van der Waals surface area (Å²) in [5.41, 5.74) is -0.501. The molecule has 3 aromatic rings. The van der Waals surface area contributed by atoms with Gasteiger partial charge in [0.05, 0.1) is 23.3 Å². The third kappa shape index (κ3) is 6.50. The molecule has 0 aromatic heterocycles. The van der Waals surface area contributed by atoms with Gasteiger partial charge in [0.2, 0.25) is 5.91 Å². The molecule has 0 heterocycles. The molecule has 3 rings (SSSR count). The lowest BCUT2D eigenvalue weighted by molar-refractivity contribution is -0.384. The molecule has 188 valence electrons. The summed E-state index contributed by atoms with van der Waals surface area (Å²) < 4.78 is 43.9. The molecule has 1 atom stereocenters. The Kier molecular flexibility index (Phi) is 7.77. The van der Waals surface area contributed by atoms with Crippen molar-refractivity contribution in [2.24, 2.45) is 0 Å². The second-order valence-corrected chi connectivity index (χ2v) is 7.61. The molecule has 0 radical (unpaired) electrons. The highest BCUT2D eigenvalue weighted by molar-refractivity contribution is 6.05. The Bertz CT molecular complexity index is 1300. The zero-order chi connectivity index (χ0) is 26.5. The molecule has 0 spiro atoms. The van der Waals surface area contributed by atoms with Crippen molar-refractivity contribution in [3.05, 3.63) is 88.0 Å². The number of anilines is 3. The van der Waals surface area contributed by atoms with Crippen LogP contribution in [0.25, 0.3) is 0 Å². The van der Waals surface area contributed by atoms with Gasteiger partial charge in [0.15, 0.2) is 0 Å². The summed E-state index contributed by atoms with van der Waals surface area (Å²) in [7, 11) is 1.36. The number of ether oxygens (including phenoxy) is 1. The minimum atomic E-state index is -4.55. The zero-order valence-corrected chi connectivity index (χ0v) is 19.1. The van der Waals surface area contributed by atoms with Crippen molar-refractivity contribution in [2.45, 2.75) is 19.1 Å². The second-order valence-electron chi connectivity index (χ2n) is 7.61. The smallest absolute Gasteiger partial charge is 0.416 e. The van der Waals surface area contributed by atoms with Crippen LogP contribution in [0.2, 0.25) is 0 Å². The number of amides is 2. The lowest BCUT2D eigenvalue weighted by Gasteiger charge is -2.17. The largest absolute Gasteiger partial charge is 0.495 e. The number of non-ortho nitro benzene ring substituents is 1. The minimum Gasteiger partial charge on any atom is -0.495 e. The molecule has 0 aliphatic carbocycles. The molecule has 0 saturated carbocycles. The number of nitro groups is 1. The van der Waals surface area contributed by atoms with E-state index in [1.165, 1.54) is 62.6 Å². The van der Waals surface area contributed by atoms with Crippen LogP contribution in [-0.2, 0) is 11.0 Å². The molecule has 0 bridgehead atoms. The highest BCUT2D eigenvalue weighted by Gasteiger charge is 2.30. The van der Waals surface area contributed by atoms with Crippen molar-refractivity contribution in [3.8, 4) is 5.75 Å². The van der Waals surface area contributed by atoms with Crippen LogP contribution in [0.1, 0.15) is 22.8 Å². The molecule has 0 unspecified atom stereocenters. The van der Waals surface area contributed by atoms with Gasteiger partial charge in [-0.3, -0.25) is 19.7 Å². The van der Waals surface area contributed by atoms with E-state index in [9.17, 15) is 32.9 Å². The number of hydrogen-bond acceptors (Lipinski definition) is 6. The van der Waals surface area contributed by atoms with Crippen molar-refractivity contribution < 1.29 is 32.4 Å². The SMILES string of the molecule is COc1ccc([N+](=O)[O-])cc1NC(=O)[C@H](C)Nc1cccc(C(=O)Nc2cccc(C(F)(F)F)c2)c1. The summed E-state index contributed by atoms with van der Waals surface area (Å²) in [4.78, 5) is 35.7. The van der Waals surface area contributed by atoms with Crippen LogP contribution in [-0.4, -0.2) is 29.9 Å². The first-order valence-corrected chi connectivity index (χ1v) is 10.5. The van der Waals surface area contributed by atoms with Gasteiger partial charge in [0.1, 0.15) is 11.8 Å². The molecule has 36 heavy (non-hydrogen) atoms. The van der Waals surface area contributed by atoms with E-state index in [1.807, 2.05) is 0 Å². The quantitative estimate of drug-likeness (QED) is 0.283. The monoisotopic (exact) mass is 502 g/mol. The number of rotatable bonds is 8. The number of hydrogen-bond donors (Lipinski definition) is 3.